The van der Waals surface area contributed by atoms with E-state index in [1.807, 2.05) is 0 Å². The zero-order valence-electron chi connectivity index (χ0n) is 14.4. The van der Waals surface area contributed by atoms with Crippen LogP contribution in [0.25, 0.3) is 0 Å². The first-order chi connectivity index (χ1) is 10.0. The number of hydrogen-bond acceptors (Lipinski definition) is 3. The molecule has 0 aromatic carbocycles. The van der Waals surface area contributed by atoms with Crippen molar-refractivity contribution >= 4 is 0 Å². The summed E-state index contributed by atoms with van der Waals surface area (Å²) in [7, 11) is 0. The van der Waals surface area contributed by atoms with Gasteiger partial charge >= 0.3 is 0 Å². The minimum Gasteiger partial charge on any atom is -0.309 e. The highest BCUT2D eigenvalue weighted by Crippen LogP contribution is 2.23. The molecule has 0 amide bonds. The molecule has 1 aliphatic heterocycles. The van der Waals surface area contributed by atoms with Crippen LogP contribution in [-0.2, 0) is 13.1 Å². The monoisotopic (exact) mass is 292 g/mol. The molecular weight excluding hydrogens is 260 g/mol. The van der Waals surface area contributed by atoms with E-state index < -0.39 is 0 Å². The summed E-state index contributed by atoms with van der Waals surface area (Å²) in [5, 5.41) is 8.36. The van der Waals surface area contributed by atoms with Crippen molar-refractivity contribution in [3.63, 3.8) is 0 Å². The van der Waals surface area contributed by atoms with Gasteiger partial charge in [0.05, 0.1) is 11.4 Å². The zero-order chi connectivity index (χ0) is 15.5. The fourth-order valence-electron chi connectivity index (χ4n) is 3.37. The summed E-state index contributed by atoms with van der Waals surface area (Å²) in [5.74, 6) is 0. The summed E-state index contributed by atoms with van der Waals surface area (Å²) in [5.41, 5.74) is 2.74. The van der Waals surface area contributed by atoms with Crippen molar-refractivity contribution in [2.24, 2.45) is 0 Å². The number of aromatic nitrogens is 2. The standard InChI is InChI=1S/C17H32N4/c1-6-9-15-11-18-17(5,7-2)13-20(15)12-16-10-14(4)19-21(16)8-3/h10,15,18H,6-9,11-13H2,1-5H3. The molecule has 1 aromatic rings. The van der Waals surface area contributed by atoms with E-state index in [1.165, 1.54) is 25.0 Å². The van der Waals surface area contributed by atoms with Crippen molar-refractivity contribution in [3.8, 4) is 0 Å². The third-order valence-corrected chi connectivity index (χ3v) is 4.89. The summed E-state index contributed by atoms with van der Waals surface area (Å²) in [6.07, 6.45) is 3.69. The molecule has 1 fully saturated rings. The third-order valence-electron chi connectivity index (χ3n) is 4.89. The normalized spacial score (nSPS) is 27.2. The van der Waals surface area contributed by atoms with Crippen molar-refractivity contribution < 1.29 is 0 Å². The van der Waals surface area contributed by atoms with Crippen molar-refractivity contribution in [2.75, 3.05) is 13.1 Å². The first-order valence-corrected chi connectivity index (χ1v) is 8.53. The van der Waals surface area contributed by atoms with Gasteiger partial charge in [0.25, 0.3) is 0 Å². The molecule has 2 rings (SSSR count). The Morgan fingerprint density at radius 1 is 1.38 bits per heavy atom. The Hall–Kier alpha value is -0.870. The minimum atomic E-state index is 0.246. The molecule has 2 heterocycles. The highest BCUT2D eigenvalue weighted by Gasteiger charge is 2.34. The molecule has 2 unspecified atom stereocenters. The van der Waals surface area contributed by atoms with Crippen LogP contribution in [0.1, 0.15) is 58.3 Å². The van der Waals surface area contributed by atoms with Gasteiger partial charge in [0.2, 0.25) is 0 Å². The van der Waals surface area contributed by atoms with Crippen LogP contribution >= 0.6 is 0 Å². The maximum absolute atomic E-state index is 4.60. The predicted molar refractivity (Wildman–Crippen MR) is 88.4 cm³/mol. The number of piperazine rings is 1. The van der Waals surface area contributed by atoms with Crippen LogP contribution in [0.2, 0.25) is 0 Å². The first kappa shape index (κ1) is 16.5. The van der Waals surface area contributed by atoms with E-state index >= 15 is 0 Å². The zero-order valence-corrected chi connectivity index (χ0v) is 14.4. The SMILES string of the molecule is CCCC1CNC(C)(CC)CN1Cc1cc(C)nn1CC. The second-order valence-corrected chi connectivity index (χ2v) is 6.74. The Morgan fingerprint density at radius 3 is 2.76 bits per heavy atom. The molecule has 4 nitrogen and oxygen atoms in total. The average molecular weight is 292 g/mol. The highest BCUT2D eigenvalue weighted by molar-refractivity contribution is 5.10. The molecule has 0 saturated carbocycles. The number of nitrogens with one attached hydrogen (secondary N) is 1. The van der Waals surface area contributed by atoms with Crippen LogP contribution in [-0.4, -0.2) is 39.4 Å². The van der Waals surface area contributed by atoms with Gasteiger partial charge in [-0.2, -0.15) is 5.10 Å². The van der Waals surface area contributed by atoms with Gasteiger partial charge in [-0.3, -0.25) is 9.58 Å². The molecule has 0 bridgehead atoms. The van der Waals surface area contributed by atoms with Crippen molar-refractivity contribution in [1.82, 2.24) is 20.0 Å². The molecule has 1 aliphatic rings. The molecule has 120 valence electrons. The number of rotatable bonds is 6. The summed E-state index contributed by atoms with van der Waals surface area (Å²) >= 11 is 0. The molecular formula is C17H32N4. The minimum absolute atomic E-state index is 0.246. The van der Waals surface area contributed by atoms with E-state index in [4.69, 9.17) is 0 Å². The van der Waals surface area contributed by atoms with E-state index in [9.17, 15) is 0 Å². The lowest BCUT2D eigenvalue weighted by atomic mass is 9.92. The van der Waals surface area contributed by atoms with Crippen LogP contribution in [0.3, 0.4) is 0 Å². The van der Waals surface area contributed by atoms with Crippen LogP contribution in [0.4, 0.5) is 0 Å². The highest BCUT2D eigenvalue weighted by atomic mass is 15.3. The Labute approximate surface area is 129 Å². The Balaban J connectivity index is 2.15. The topological polar surface area (TPSA) is 33.1 Å². The van der Waals surface area contributed by atoms with E-state index in [0.29, 0.717) is 6.04 Å². The lowest BCUT2D eigenvalue weighted by molar-refractivity contribution is 0.0702. The van der Waals surface area contributed by atoms with Crippen LogP contribution in [0, 0.1) is 6.92 Å². The molecule has 0 aliphatic carbocycles. The Bertz CT molecular complexity index is 454. The molecule has 1 saturated heterocycles. The summed E-state index contributed by atoms with van der Waals surface area (Å²) in [6, 6.07) is 2.90. The van der Waals surface area contributed by atoms with E-state index in [-0.39, 0.29) is 5.54 Å². The summed E-state index contributed by atoms with van der Waals surface area (Å²) in [4.78, 5) is 2.67. The predicted octanol–water partition coefficient (Wildman–Crippen LogP) is 2.95. The number of aryl methyl sites for hydroxylation is 2. The molecule has 0 spiro atoms. The molecule has 0 radical (unpaired) electrons. The van der Waals surface area contributed by atoms with Crippen molar-refractivity contribution in [2.45, 2.75) is 78.6 Å². The molecule has 2 atom stereocenters. The van der Waals surface area contributed by atoms with Gasteiger partial charge < -0.3 is 5.32 Å². The molecule has 21 heavy (non-hydrogen) atoms. The average Bonchev–Trinajstić information content (AvgIpc) is 2.82. The fourth-order valence-corrected chi connectivity index (χ4v) is 3.37. The second kappa shape index (κ2) is 6.93. The van der Waals surface area contributed by atoms with Gasteiger partial charge in [0.15, 0.2) is 0 Å². The van der Waals surface area contributed by atoms with Gasteiger partial charge in [0.1, 0.15) is 0 Å². The lowest BCUT2D eigenvalue weighted by Crippen LogP contribution is -2.62. The number of hydrogen-bond donors (Lipinski definition) is 1. The van der Waals surface area contributed by atoms with E-state index in [0.717, 1.165) is 31.9 Å². The van der Waals surface area contributed by atoms with Gasteiger partial charge in [-0.1, -0.05) is 20.3 Å². The van der Waals surface area contributed by atoms with Gasteiger partial charge in [0, 0.05) is 37.8 Å². The molecule has 1 aromatic heterocycles. The quantitative estimate of drug-likeness (QED) is 0.875. The smallest absolute Gasteiger partial charge is 0.0597 e. The lowest BCUT2D eigenvalue weighted by Gasteiger charge is -2.46. The Morgan fingerprint density at radius 2 is 2.14 bits per heavy atom. The van der Waals surface area contributed by atoms with E-state index in [2.05, 4.69) is 60.7 Å². The Kier molecular flexibility index (Phi) is 5.44. The van der Waals surface area contributed by atoms with E-state index in [1.54, 1.807) is 0 Å². The van der Waals surface area contributed by atoms with Crippen LogP contribution in [0.5, 0.6) is 0 Å². The largest absolute Gasteiger partial charge is 0.309 e. The van der Waals surface area contributed by atoms with Gasteiger partial charge in [-0.25, -0.2) is 0 Å². The summed E-state index contributed by atoms with van der Waals surface area (Å²) in [6.45, 7) is 15.4. The first-order valence-electron chi connectivity index (χ1n) is 8.53. The van der Waals surface area contributed by atoms with Crippen LogP contribution < -0.4 is 5.32 Å². The fraction of sp³-hybridized carbons (Fsp3) is 0.824. The number of nitrogens with zero attached hydrogens (tertiary/aromatic N) is 3. The van der Waals surface area contributed by atoms with Gasteiger partial charge in [-0.15, -0.1) is 0 Å². The van der Waals surface area contributed by atoms with Crippen molar-refractivity contribution in [3.05, 3.63) is 17.5 Å². The maximum Gasteiger partial charge on any atom is 0.0597 e. The van der Waals surface area contributed by atoms with Gasteiger partial charge in [-0.05, 0) is 39.7 Å². The third kappa shape index (κ3) is 3.86. The summed E-state index contributed by atoms with van der Waals surface area (Å²) < 4.78 is 2.16. The van der Waals surface area contributed by atoms with Crippen LogP contribution in [0.15, 0.2) is 6.07 Å². The second-order valence-electron chi connectivity index (χ2n) is 6.74. The molecule has 1 N–H and O–H groups in total. The maximum atomic E-state index is 4.60. The molecule has 4 heteroatoms. The van der Waals surface area contributed by atoms with Crippen molar-refractivity contribution in [1.29, 1.82) is 0 Å².